The van der Waals surface area contributed by atoms with E-state index in [4.69, 9.17) is 30.5 Å². The summed E-state index contributed by atoms with van der Waals surface area (Å²) in [6.45, 7) is 0. The molecule has 0 aliphatic heterocycles. The van der Waals surface area contributed by atoms with Gasteiger partial charge in [0, 0.05) is 33.5 Å². The van der Waals surface area contributed by atoms with Crippen LogP contribution in [0.25, 0.3) is 6.08 Å². The molecular formula is C34H32ClN3O7S. The normalized spacial score (nSPS) is 10.8. The molecule has 0 aromatic heterocycles. The van der Waals surface area contributed by atoms with E-state index >= 15 is 0 Å². The fraction of sp³-hybridized carbons (Fsp3) is 0.147. The number of benzene rings is 4. The largest absolute Gasteiger partial charge is 0.496 e. The van der Waals surface area contributed by atoms with E-state index in [1.54, 1.807) is 84.9 Å². The molecule has 238 valence electrons. The molecule has 4 aromatic rings. The molecule has 0 atom stereocenters. The standard InChI is InChI=1S/C34H32ClN3O7S/c1-42-28-15-12-24(18-26(28)35)36-32(39)20-46-25-13-10-23(11-14-25)37-34(41)27(38-33(40)21-8-6-5-7-9-21)16-22-17-30(44-3)31(45-4)19-29(22)43-2/h5-19H,20H2,1-4H3,(H,36,39)(H,37,41)(H,38,40)/b27-16-. The van der Waals surface area contributed by atoms with Gasteiger partial charge < -0.3 is 34.9 Å². The topological polar surface area (TPSA) is 124 Å². The van der Waals surface area contributed by atoms with Gasteiger partial charge in [-0.1, -0.05) is 29.8 Å². The SMILES string of the molecule is COc1ccc(NC(=O)CSc2ccc(NC(=O)/C(=C/c3cc(OC)c(OC)cc3OC)NC(=O)c3ccccc3)cc2)cc1Cl. The minimum Gasteiger partial charge on any atom is -0.496 e. The first-order valence-electron chi connectivity index (χ1n) is 13.8. The maximum Gasteiger partial charge on any atom is 0.272 e. The number of methoxy groups -OCH3 is 4. The van der Waals surface area contributed by atoms with Gasteiger partial charge in [-0.15, -0.1) is 11.8 Å². The van der Waals surface area contributed by atoms with Crippen LogP contribution in [0.2, 0.25) is 5.02 Å². The molecule has 0 aliphatic rings. The van der Waals surface area contributed by atoms with Gasteiger partial charge in [-0.25, -0.2) is 0 Å². The summed E-state index contributed by atoms with van der Waals surface area (Å²) in [5, 5.41) is 8.73. The molecule has 0 radical (unpaired) electrons. The first kappa shape index (κ1) is 33.8. The van der Waals surface area contributed by atoms with E-state index in [0.717, 1.165) is 4.90 Å². The van der Waals surface area contributed by atoms with Gasteiger partial charge in [0.25, 0.3) is 11.8 Å². The van der Waals surface area contributed by atoms with Crippen LogP contribution in [-0.2, 0) is 9.59 Å². The van der Waals surface area contributed by atoms with Gasteiger partial charge in [0.1, 0.15) is 17.2 Å². The molecule has 0 fully saturated rings. The number of carbonyl (C=O) groups is 3. The number of halogens is 1. The number of amides is 3. The lowest BCUT2D eigenvalue weighted by atomic mass is 10.1. The smallest absolute Gasteiger partial charge is 0.272 e. The highest BCUT2D eigenvalue weighted by molar-refractivity contribution is 8.00. The molecule has 0 saturated carbocycles. The molecule has 3 amide bonds. The van der Waals surface area contributed by atoms with Gasteiger partial charge in [0.2, 0.25) is 5.91 Å². The Morgan fingerprint density at radius 1 is 0.717 bits per heavy atom. The van der Waals surface area contributed by atoms with Gasteiger partial charge in [-0.3, -0.25) is 14.4 Å². The third-order valence-electron chi connectivity index (χ3n) is 6.48. The van der Waals surface area contributed by atoms with Crippen LogP contribution in [0.1, 0.15) is 15.9 Å². The summed E-state index contributed by atoms with van der Waals surface area (Å²) in [6.07, 6.45) is 1.50. The Labute approximate surface area is 276 Å². The van der Waals surface area contributed by atoms with Crippen molar-refractivity contribution < 1.29 is 33.3 Å². The van der Waals surface area contributed by atoms with Crippen molar-refractivity contribution in [1.29, 1.82) is 0 Å². The fourth-order valence-electron chi connectivity index (χ4n) is 4.19. The van der Waals surface area contributed by atoms with Crippen molar-refractivity contribution in [3.8, 4) is 23.0 Å². The van der Waals surface area contributed by atoms with E-state index in [9.17, 15) is 14.4 Å². The summed E-state index contributed by atoms with van der Waals surface area (Å²) in [4.78, 5) is 39.9. The number of carbonyl (C=O) groups excluding carboxylic acids is 3. The molecule has 0 aliphatic carbocycles. The third-order valence-corrected chi connectivity index (χ3v) is 7.79. The highest BCUT2D eigenvalue weighted by Crippen LogP contribution is 2.36. The maximum atomic E-state index is 13.5. The van der Waals surface area contributed by atoms with Crippen LogP contribution in [0, 0.1) is 0 Å². The molecular weight excluding hydrogens is 630 g/mol. The van der Waals surface area contributed by atoms with Crippen molar-refractivity contribution in [2.75, 3.05) is 44.8 Å². The van der Waals surface area contributed by atoms with Crippen molar-refractivity contribution in [3.05, 3.63) is 107 Å². The van der Waals surface area contributed by atoms with Crippen molar-refractivity contribution in [1.82, 2.24) is 5.32 Å². The zero-order valence-corrected chi connectivity index (χ0v) is 27.1. The molecule has 0 unspecified atom stereocenters. The van der Waals surface area contributed by atoms with Gasteiger partial charge >= 0.3 is 0 Å². The number of hydrogen-bond donors (Lipinski definition) is 3. The number of thioether (sulfide) groups is 1. The van der Waals surface area contributed by atoms with Gasteiger partial charge in [0.05, 0.1) is 39.2 Å². The van der Waals surface area contributed by atoms with Crippen LogP contribution < -0.4 is 34.9 Å². The van der Waals surface area contributed by atoms with E-state index in [1.807, 2.05) is 0 Å². The molecule has 10 nitrogen and oxygen atoms in total. The Morgan fingerprint density at radius 3 is 1.98 bits per heavy atom. The van der Waals surface area contributed by atoms with Gasteiger partial charge in [-0.05, 0) is 66.7 Å². The molecule has 46 heavy (non-hydrogen) atoms. The van der Waals surface area contributed by atoms with E-state index in [0.29, 0.717) is 50.5 Å². The van der Waals surface area contributed by atoms with Crippen molar-refractivity contribution in [2.24, 2.45) is 0 Å². The Balaban J connectivity index is 1.48. The minimum atomic E-state index is -0.570. The zero-order valence-electron chi connectivity index (χ0n) is 25.5. The molecule has 12 heteroatoms. The Kier molecular flexibility index (Phi) is 11.9. The molecule has 0 heterocycles. The maximum absolute atomic E-state index is 13.5. The lowest BCUT2D eigenvalue weighted by Crippen LogP contribution is -2.30. The second kappa shape index (κ2) is 16.3. The quantitative estimate of drug-likeness (QED) is 0.109. The summed E-state index contributed by atoms with van der Waals surface area (Å²) in [6, 6.07) is 23.8. The average Bonchev–Trinajstić information content (AvgIpc) is 3.07. The van der Waals surface area contributed by atoms with Crippen LogP contribution >= 0.6 is 23.4 Å². The highest BCUT2D eigenvalue weighted by Gasteiger charge is 2.18. The van der Waals surface area contributed by atoms with Crippen LogP contribution in [-0.4, -0.2) is 51.9 Å². The van der Waals surface area contributed by atoms with Crippen molar-refractivity contribution in [3.63, 3.8) is 0 Å². The molecule has 4 aromatic carbocycles. The summed E-state index contributed by atoms with van der Waals surface area (Å²) < 4.78 is 21.4. The molecule has 0 bridgehead atoms. The number of rotatable bonds is 13. The Morgan fingerprint density at radius 2 is 1.35 bits per heavy atom. The Bertz CT molecular complexity index is 1730. The first-order chi connectivity index (χ1) is 22.2. The predicted octanol–water partition coefficient (Wildman–Crippen LogP) is 6.51. The van der Waals surface area contributed by atoms with Crippen LogP contribution in [0.15, 0.2) is 95.5 Å². The van der Waals surface area contributed by atoms with E-state index in [1.165, 1.54) is 46.3 Å². The Hall–Kier alpha value is -5.13. The van der Waals surface area contributed by atoms with Gasteiger partial charge in [-0.2, -0.15) is 0 Å². The lowest BCUT2D eigenvalue weighted by molar-refractivity contribution is -0.114. The first-order valence-corrected chi connectivity index (χ1v) is 15.2. The van der Waals surface area contributed by atoms with E-state index in [-0.39, 0.29) is 17.4 Å². The van der Waals surface area contributed by atoms with Crippen LogP contribution in [0.3, 0.4) is 0 Å². The average molecular weight is 662 g/mol. The third kappa shape index (κ3) is 8.96. The molecule has 4 rings (SSSR count). The lowest BCUT2D eigenvalue weighted by Gasteiger charge is -2.15. The second-order valence-electron chi connectivity index (χ2n) is 9.49. The summed E-state index contributed by atoms with van der Waals surface area (Å²) in [5.74, 6) is 0.678. The summed E-state index contributed by atoms with van der Waals surface area (Å²) >= 11 is 7.46. The zero-order chi connectivity index (χ0) is 33.1. The minimum absolute atomic E-state index is 0.0341. The number of ether oxygens (including phenoxy) is 4. The fourth-order valence-corrected chi connectivity index (χ4v) is 5.14. The van der Waals surface area contributed by atoms with E-state index < -0.39 is 11.8 Å². The van der Waals surface area contributed by atoms with Crippen LogP contribution in [0.4, 0.5) is 11.4 Å². The van der Waals surface area contributed by atoms with E-state index in [2.05, 4.69) is 16.0 Å². The number of anilines is 2. The molecule has 0 saturated heterocycles. The summed E-state index contributed by atoms with van der Waals surface area (Å²) in [5.41, 5.74) is 1.85. The van der Waals surface area contributed by atoms with Crippen LogP contribution in [0.5, 0.6) is 23.0 Å². The van der Waals surface area contributed by atoms with Crippen molar-refractivity contribution in [2.45, 2.75) is 4.90 Å². The second-order valence-corrected chi connectivity index (χ2v) is 10.9. The highest BCUT2D eigenvalue weighted by atomic mass is 35.5. The predicted molar refractivity (Wildman–Crippen MR) is 180 cm³/mol. The number of hydrogen-bond acceptors (Lipinski definition) is 8. The number of nitrogens with one attached hydrogen (secondary N) is 3. The summed E-state index contributed by atoms with van der Waals surface area (Å²) in [7, 11) is 6.00. The molecule has 3 N–H and O–H groups in total. The molecule has 0 spiro atoms. The van der Waals surface area contributed by atoms with Crippen molar-refractivity contribution >= 4 is 58.5 Å². The monoisotopic (exact) mass is 661 g/mol. The van der Waals surface area contributed by atoms with Gasteiger partial charge in [0.15, 0.2) is 11.5 Å².